The van der Waals surface area contributed by atoms with E-state index in [2.05, 4.69) is 59.2 Å². The summed E-state index contributed by atoms with van der Waals surface area (Å²) < 4.78 is 0. The van der Waals surface area contributed by atoms with Gasteiger partial charge < -0.3 is 10.2 Å². The molecule has 0 saturated heterocycles. The molecule has 0 radical (unpaired) electrons. The van der Waals surface area contributed by atoms with Crippen LogP contribution in [0, 0.1) is 5.92 Å². The summed E-state index contributed by atoms with van der Waals surface area (Å²) >= 11 is 0. The third-order valence-electron chi connectivity index (χ3n) is 4.01. The minimum absolute atomic E-state index is 0.150. The molecule has 5 nitrogen and oxygen atoms in total. The van der Waals surface area contributed by atoms with Gasteiger partial charge >= 0.3 is 0 Å². The molecule has 0 aliphatic carbocycles. The molecule has 0 bridgehead atoms. The second-order valence-corrected chi connectivity index (χ2v) is 6.42. The number of hydrogen-bond acceptors (Lipinski definition) is 4. The Hall–Kier alpha value is -2.43. The molecule has 1 aliphatic heterocycles. The molecule has 0 fully saturated rings. The lowest BCUT2D eigenvalue weighted by molar-refractivity contribution is 0.0944. The van der Waals surface area contributed by atoms with Crippen molar-refractivity contribution in [1.82, 2.24) is 15.3 Å². The SMILES string of the molecule is CC(C)CNC(=O)c1cc(N2c3ccccc3CC2C)ncn1. The minimum atomic E-state index is -0.150. The molecule has 23 heavy (non-hydrogen) atoms. The number of fused-ring (bicyclic) bond motifs is 1. The minimum Gasteiger partial charge on any atom is -0.350 e. The maximum Gasteiger partial charge on any atom is 0.270 e. The number of carbonyl (C=O) groups excluding carboxylic acids is 1. The highest BCUT2D eigenvalue weighted by Gasteiger charge is 2.28. The number of hydrogen-bond donors (Lipinski definition) is 1. The van der Waals surface area contributed by atoms with E-state index in [0.29, 0.717) is 24.2 Å². The Morgan fingerprint density at radius 3 is 2.91 bits per heavy atom. The second kappa shape index (κ2) is 6.36. The Balaban J connectivity index is 1.87. The summed E-state index contributed by atoms with van der Waals surface area (Å²) in [7, 11) is 0. The lowest BCUT2D eigenvalue weighted by Crippen LogP contribution is -2.29. The quantitative estimate of drug-likeness (QED) is 0.943. The van der Waals surface area contributed by atoms with E-state index >= 15 is 0 Å². The first kappa shape index (κ1) is 15.5. The zero-order valence-corrected chi connectivity index (χ0v) is 13.8. The van der Waals surface area contributed by atoms with Crippen molar-refractivity contribution in [3.63, 3.8) is 0 Å². The van der Waals surface area contributed by atoms with Gasteiger partial charge in [-0.3, -0.25) is 4.79 Å². The van der Waals surface area contributed by atoms with Crippen LogP contribution in [-0.4, -0.2) is 28.5 Å². The van der Waals surface area contributed by atoms with Gasteiger partial charge in [-0.15, -0.1) is 0 Å². The lowest BCUT2D eigenvalue weighted by Gasteiger charge is -2.23. The molecule has 5 heteroatoms. The van der Waals surface area contributed by atoms with Crippen molar-refractivity contribution in [3.8, 4) is 0 Å². The van der Waals surface area contributed by atoms with Crippen LogP contribution in [0.15, 0.2) is 36.7 Å². The van der Waals surface area contributed by atoms with Gasteiger partial charge in [-0.1, -0.05) is 32.0 Å². The van der Waals surface area contributed by atoms with E-state index in [1.165, 1.54) is 11.9 Å². The smallest absolute Gasteiger partial charge is 0.270 e. The highest BCUT2D eigenvalue weighted by Crippen LogP contribution is 2.36. The molecule has 1 N–H and O–H groups in total. The molecular formula is C18H22N4O. The number of rotatable bonds is 4. The Morgan fingerprint density at radius 1 is 1.35 bits per heavy atom. The van der Waals surface area contributed by atoms with E-state index in [0.717, 1.165) is 17.9 Å². The summed E-state index contributed by atoms with van der Waals surface area (Å²) in [6.07, 6.45) is 2.45. The van der Waals surface area contributed by atoms with Crippen molar-refractivity contribution in [2.24, 2.45) is 5.92 Å². The Morgan fingerprint density at radius 2 is 2.13 bits per heavy atom. The summed E-state index contributed by atoms with van der Waals surface area (Å²) in [5.74, 6) is 1.03. The average Bonchev–Trinajstić information content (AvgIpc) is 2.88. The van der Waals surface area contributed by atoms with E-state index in [9.17, 15) is 4.79 Å². The molecule has 1 aromatic heterocycles. The van der Waals surface area contributed by atoms with Crippen LogP contribution < -0.4 is 10.2 Å². The predicted molar refractivity (Wildman–Crippen MR) is 91.0 cm³/mol. The number of aromatic nitrogens is 2. The van der Waals surface area contributed by atoms with Crippen LogP contribution in [0.3, 0.4) is 0 Å². The molecule has 1 atom stereocenters. The first-order chi connectivity index (χ1) is 11.1. The van der Waals surface area contributed by atoms with Gasteiger partial charge in [0.1, 0.15) is 17.8 Å². The molecule has 2 aromatic rings. The van der Waals surface area contributed by atoms with Gasteiger partial charge in [-0.05, 0) is 30.9 Å². The summed E-state index contributed by atoms with van der Waals surface area (Å²) in [6.45, 7) is 6.94. The van der Waals surface area contributed by atoms with Crippen LogP contribution in [0.2, 0.25) is 0 Å². The molecule has 1 aliphatic rings. The maximum atomic E-state index is 12.2. The molecule has 1 unspecified atom stereocenters. The van der Waals surface area contributed by atoms with Crippen LogP contribution in [0.1, 0.15) is 36.8 Å². The molecule has 3 rings (SSSR count). The van der Waals surface area contributed by atoms with E-state index in [1.54, 1.807) is 6.07 Å². The van der Waals surface area contributed by atoms with E-state index < -0.39 is 0 Å². The number of para-hydroxylation sites is 1. The monoisotopic (exact) mass is 310 g/mol. The van der Waals surface area contributed by atoms with E-state index in [4.69, 9.17) is 0 Å². The summed E-state index contributed by atoms with van der Waals surface area (Å²) in [4.78, 5) is 22.9. The van der Waals surface area contributed by atoms with E-state index in [1.807, 2.05) is 6.07 Å². The number of nitrogens with zero attached hydrogens (tertiary/aromatic N) is 3. The molecular weight excluding hydrogens is 288 g/mol. The van der Waals surface area contributed by atoms with E-state index in [-0.39, 0.29) is 5.91 Å². The van der Waals surface area contributed by atoms with Gasteiger partial charge in [0.2, 0.25) is 0 Å². The zero-order chi connectivity index (χ0) is 16.4. The molecule has 2 heterocycles. The van der Waals surface area contributed by atoms with Crippen LogP contribution in [0.5, 0.6) is 0 Å². The van der Waals surface area contributed by atoms with Gasteiger partial charge in [0, 0.05) is 24.3 Å². The molecule has 1 amide bonds. The number of amides is 1. The standard InChI is InChI=1S/C18H22N4O/c1-12(2)10-19-18(23)15-9-17(21-11-20-15)22-13(3)8-14-6-4-5-7-16(14)22/h4-7,9,11-13H,8,10H2,1-3H3,(H,19,23). The first-order valence-electron chi connectivity index (χ1n) is 8.03. The second-order valence-electron chi connectivity index (χ2n) is 6.42. The van der Waals surface area contributed by atoms with Crippen molar-refractivity contribution in [2.75, 3.05) is 11.4 Å². The highest BCUT2D eigenvalue weighted by atomic mass is 16.1. The summed E-state index contributed by atoms with van der Waals surface area (Å²) in [6, 6.07) is 10.4. The largest absolute Gasteiger partial charge is 0.350 e. The fourth-order valence-electron chi connectivity index (χ4n) is 2.90. The highest BCUT2D eigenvalue weighted by molar-refractivity contribution is 5.93. The van der Waals surface area contributed by atoms with Gasteiger partial charge in [0.15, 0.2) is 0 Å². The number of anilines is 2. The fraction of sp³-hybridized carbons (Fsp3) is 0.389. The summed E-state index contributed by atoms with van der Waals surface area (Å²) in [5.41, 5.74) is 2.88. The topological polar surface area (TPSA) is 58.1 Å². The van der Waals surface area contributed by atoms with Gasteiger partial charge in [-0.25, -0.2) is 9.97 Å². The average molecular weight is 310 g/mol. The van der Waals surface area contributed by atoms with Crippen LogP contribution >= 0.6 is 0 Å². The summed E-state index contributed by atoms with van der Waals surface area (Å²) in [5, 5.41) is 2.90. The van der Waals surface area contributed by atoms with Crippen LogP contribution in [0.4, 0.5) is 11.5 Å². The molecule has 1 aromatic carbocycles. The normalized spacial score (nSPS) is 16.5. The van der Waals surface area contributed by atoms with Crippen molar-refractivity contribution in [1.29, 1.82) is 0 Å². The first-order valence-corrected chi connectivity index (χ1v) is 8.03. The van der Waals surface area contributed by atoms with Crippen molar-refractivity contribution in [2.45, 2.75) is 33.2 Å². The maximum absolute atomic E-state index is 12.2. The Bertz CT molecular complexity index is 714. The number of carbonyl (C=O) groups is 1. The van der Waals surface area contributed by atoms with Crippen LogP contribution in [0.25, 0.3) is 0 Å². The third-order valence-corrected chi connectivity index (χ3v) is 4.01. The number of benzene rings is 1. The Labute approximate surface area is 136 Å². The fourth-order valence-corrected chi connectivity index (χ4v) is 2.90. The van der Waals surface area contributed by atoms with Gasteiger partial charge in [0.05, 0.1) is 0 Å². The molecule has 0 saturated carbocycles. The lowest BCUT2D eigenvalue weighted by atomic mass is 10.1. The molecule has 120 valence electrons. The van der Waals surface area contributed by atoms with Gasteiger partial charge in [-0.2, -0.15) is 0 Å². The zero-order valence-electron chi connectivity index (χ0n) is 13.8. The van der Waals surface area contributed by atoms with Crippen molar-refractivity contribution in [3.05, 3.63) is 47.9 Å². The molecule has 0 spiro atoms. The third kappa shape index (κ3) is 3.18. The van der Waals surface area contributed by atoms with Crippen LogP contribution in [-0.2, 0) is 6.42 Å². The van der Waals surface area contributed by atoms with Crippen molar-refractivity contribution < 1.29 is 4.79 Å². The predicted octanol–water partition coefficient (Wildman–Crippen LogP) is 2.95. The van der Waals surface area contributed by atoms with Crippen molar-refractivity contribution >= 4 is 17.4 Å². The Kier molecular flexibility index (Phi) is 4.28. The number of nitrogens with one attached hydrogen (secondary N) is 1. The van der Waals surface area contributed by atoms with Gasteiger partial charge in [0.25, 0.3) is 5.91 Å².